The minimum atomic E-state index is -1.12. The van der Waals surface area contributed by atoms with Gasteiger partial charge in [-0.3, -0.25) is 14.6 Å². The molecule has 0 unspecified atom stereocenters. The van der Waals surface area contributed by atoms with Crippen LogP contribution in [0.3, 0.4) is 0 Å². The maximum Gasteiger partial charge on any atom is 0.332 e. The summed E-state index contributed by atoms with van der Waals surface area (Å²) in [5, 5.41) is 4.92. The van der Waals surface area contributed by atoms with Gasteiger partial charge in [0.1, 0.15) is 23.4 Å². The lowest BCUT2D eigenvalue weighted by molar-refractivity contribution is -0.148. The number of allylic oxidation sites excluding steroid dienone is 1. The second-order valence-corrected chi connectivity index (χ2v) is 12.2. The van der Waals surface area contributed by atoms with E-state index in [-0.39, 0.29) is 24.8 Å². The SMILES string of the molecule is COC(=O)[C@@]12C[C@@H]1/C=C\CCCCC[C@H](N)C(=O)N1C[C@H](Oc3cc(-c4ccccn4)nc4ccsc34)C[C@H]1C(=O)N2. The van der Waals surface area contributed by atoms with E-state index in [1.807, 2.05) is 41.8 Å². The number of aromatic nitrogens is 2. The number of nitrogens with one attached hydrogen (secondary N) is 1. The molecule has 220 valence electrons. The Morgan fingerprint density at radius 3 is 2.88 bits per heavy atom. The molecule has 2 amide bonds. The third kappa shape index (κ3) is 5.50. The number of rotatable bonds is 4. The molecular formula is C31H35N5O5S. The summed E-state index contributed by atoms with van der Waals surface area (Å²) in [6.07, 6.45) is 10.2. The minimum Gasteiger partial charge on any atom is -0.487 e. The van der Waals surface area contributed by atoms with Crippen molar-refractivity contribution in [1.29, 1.82) is 0 Å². The van der Waals surface area contributed by atoms with Crippen LogP contribution in [0.15, 0.2) is 54.1 Å². The molecule has 0 radical (unpaired) electrons. The van der Waals surface area contributed by atoms with Crippen LogP contribution in [0.2, 0.25) is 0 Å². The molecule has 1 aliphatic carbocycles. The normalized spacial score (nSPS) is 29.0. The quantitative estimate of drug-likeness (QED) is 0.348. The van der Waals surface area contributed by atoms with Gasteiger partial charge in [0.25, 0.3) is 0 Å². The maximum absolute atomic E-state index is 13.8. The zero-order chi connectivity index (χ0) is 29.3. The van der Waals surface area contributed by atoms with Gasteiger partial charge in [0, 0.05) is 24.6 Å². The number of ether oxygens (including phenoxy) is 2. The van der Waals surface area contributed by atoms with Gasteiger partial charge < -0.3 is 25.4 Å². The Morgan fingerprint density at radius 1 is 1.19 bits per heavy atom. The Bertz CT molecular complexity index is 1510. The summed E-state index contributed by atoms with van der Waals surface area (Å²) in [4.78, 5) is 51.0. The highest BCUT2D eigenvalue weighted by atomic mass is 32.1. The van der Waals surface area contributed by atoms with Crippen LogP contribution in [0.1, 0.15) is 44.9 Å². The van der Waals surface area contributed by atoms with Gasteiger partial charge in [-0.1, -0.05) is 31.1 Å². The summed E-state index contributed by atoms with van der Waals surface area (Å²) in [5.41, 5.74) is 7.43. The molecule has 0 aromatic carbocycles. The van der Waals surface area contributed by atoms with E-state index in [1.165, 1.54) is 23.3 Å². The number of hydrogen-bond acceptors (Lipinski definition) is 9. The van der Waals surface area contributed by atoms with Gasteiger partial charge in [0.05, 0.1) is 41.3 Å². The number of amides is 2. The fourth-order valence-corrected chi connectivity index (χ4v) is 6.84. The molecule has 2 fully saturated rings. The molecule has 42 heavy (non-hydrogen) atoms. The number of nitrogens with zero attached hydrogens (tertiary/aromatic N) is 3. The number of carbonyl (C=O) groups is 3. The van der Waals surface area contributed by atoms with E-state index in [1.54, 1.807) is 6.20 Å². The van der Waals surface area contributed by atoms with E-state index < -0.39 is 35.6 Å². The molecule has 3 aromatic rings. The predicted octanol–water partition coefficient (Wildman–Crippen LogP) is 3.60. The van der Waals surface area contributed by atoms with E-state index in [4.69, 9.17) is 20.2 Å². The largest absolute Gasteiger partial charge is 0.487 e. The van der Waals surface area contributed by atoms with Crippen molar-refractivity contribution in [3.63, 3.8) is 0 Å². The van der Waals surface area contributed by atoms with Crippen LogP contribution in [0, 0.1) is 5.92 Å². The second kappa shape index (κ2) is 11.8. The van der Waals surface area contributed by atoms with E-state index in [9.17, 15) is 14.4 Å². The monoisotopic (exact) mass is 589 g/mol. The molecule has 3 N–H and O–H groups in total. The average Bonchev–Trinajstić information content (AvgIpc) is 3.31. The number of thiophene rings is 1. The fraction of sp³-hybridized carbons (Fsp3) is 0.452. The molecule has 3 aliphatic rings. The van der Waals surface area contributed by atoms with Crippen molar-refractivity contribution in [2.24, 2.45) is 11.7 Å². The molecule has 1 saturated heterocycles. The lowest BCUT2D eigenvalue weighted by Crippen LogP contribution is -2.55. The highest BCUT2D eigenvalue weighted by Crippen LogP contribution is 2.46. The predicted molar refractivity (Wildman–Crippen MR) is 159 cm³/mol. The molecular weight excluding hydrogens is 554 g/mol. The summed E-state index contributed by atoms with van der Waals surface area (Å²) in [6.45, 7) is 0.202. The zero-order valence-corrected chi connectivity index (χ0v) is 24.3. The van der Waals surface area contributed by atoms with Crippen molar-refractivity contribution < 1.29 is 23.9 Å². The Labute approximate surface area is 248 Å². The van der Waals surface area contributed by atoms with E-state index in [2.05, 4.69) is 16.4 Å². The molecule has 11 heteroatoms. The first kappa shape index (κ1) is 28.3. The van der Waals surface area contributed by atoms with Crippen molar-refractivity contribution in [3.05, 3.63) is 54.1 Å². The minimum absolute atomic E-state index is 0.146. The van der Waals surface area contributed by atoms with Crippen LogP contribution in [0.25, 0.3) is 21.6 Å². The number of methoxy groups -OCH3 is 1. The standard InChI is InChI=1S/C31H35N5O5S/c1-40-30(39)31-17-19(31)9-5-3-2-4-6-10-21(32)29(38)36-18-20(15-25(36)28(37)35-31)41-26-16-24(22-11-7-8-13-33-22)34-23-12-14-42-27(23)26/h5,7-9,11-14,16,19-21,25H,2-4,6,10,15,17-18,32H2,1H3,(H,35,37)/b9-5-/t19-,20+,21-,25-,31+/m0/s1. The number of pyridine rings is 2. The first-order chi connectivity index (χ1) is 20.4. The van der Waals surface area contributed by atoms with Gasteiger partial charge >= 0.3 is 5.97 Å². The van der Waals surface area contributed by atoms with Gasteiger partial charge in [-0.25, -0.2) is 9.78 Å². The van der Waals surface area contributed by atoms with Crippen LogP contribution in [0.5, 0.6) is 5.75 Å². The average molecular weight is 590 g/mol. The van der Waals surface area contributed by atoms with Gasteiger partial charge in [0.15, 0.2) is 0 Å². The summed E-state index contributed by atoms with van der Waals surface area (Å²) < 4.78 is 12.5. The van der Waals surface area contributed by atoms with Gasteiger partial charge in [-0.2, -0.15) is 0 Å². The lowest BCUT2D eigenvalue weighted by atomic mass is 10.1. The van der Waals surface area contributed by atoms with Crippen molar-refractivity contribution in [2.75, 3.05) is 13.7 Å². The molecule has 10 nitrogen and oxygen atoms in total. The number of esters is 1. The highest BCUT2D eigenvalue weighted by molar-refractivity contribution is 7.17. The van der Waals surface area contributed by atoms with Crippen molar-refractivity contribution in [1.82, 2.24) is 20.2 Å². The zero-order valence-electron chi connectivity index (χ0n) is 23.5. The maximum atomic E-state index is 13.8. The summed E-state index contributed by atoms with van der Waals surface area (Å²) >= 11 is 1.52. The molecule has 3 aromatic heterocycles. The number of hydrogen-bond donors (Lipinski definition) is 2. The summed E-state index contributed by atoms with van der Waals surface area (Å²) in [6, 6.07) is 7.88. The Morgan fingerprint density at radius 2 is 2.07 bits per heavy atom. The topological polar surface area (TPSA) is 137 Å². The third-order valence-corrected chi connectivity index (χ3v) is 9.35. The molecule has 5 atom stereocenters. The molecule has 6 rings (SSSR count). The van der Waals surface area contributed by atoms with E-state index in [0.29, 0.717) is 24.3 Å². The summed E-state index contributed by atoms with van der Waals surface area (Å²) in [5.74, 6) is -0.678. The Balaban J connectivity index is 1.29. The van der Waals surface area contributed by atoms with Crippen LogP contribution in [-0.4, -0.2) is 70.0 Å². The van der Waals surface area contributed by atoms with E-state index in [0.717, 1.165) is 41.6 Å². The van der Waals surface area contributed by atoms with Crippen LogP contribution < -0.4 is 15.8 Å². The van der Waals surface area contributed by atoms with Crippen LogP contribution >= 0.6 is 11.3 Å². The lowest BCUT2D eigenvalue weighted by Gasteiger charge is -2.28. The third-order valence-electron chi connectivity index (χ3n) is 8.43. The van der Waals surface area contributed by atoms with Crippen molar-refractivity contribution >= 4 is 39.3 Å². The Hall–Kier alpha value is -3.83. The van der Waals surface area contributed by atoms with Crippen molar-refractivity contribution in [3.8, 4) is 17.1 Å². The van der Waals surface area contributed by atoms with E-state index >= 15 is 0 Å². The second-order valence-electron chi connectivity index (χ2n) is 11.3. The molecule has 0 bridgehead atoms. The first-order valence-corrected chi connectivity index (χ1v) is 15.4. The van der Waals surface area contributed by atoms with Gasteiger partial charge in [0.2, 0.25) is 11.8 Å². The van der Waals surface area contributed by atoms with Crippen LogP contribution in [-0.2, 0) is 19.1 Å². The first-order valence-electron chi connectivity index (χ1n) is 14.5. The molecule has 2 aliphatic heterocycles. The van der Waals surface area contributed by atoms with Crippen LogP contribution in [0.4, 0.5) is 0 Å². The van der Waals surface area contributed by atoms with Gasteiger partial charge in [-0.05, 0) is 49.3 Å². The fourth-order valence-electron chi connectivity index (χ4n) is 6.05. The molecule has 5 heterocycles. The van der Waals surface area contributed by atoms with Crippen molar-refractivity contribution in [2.45, 2.75) is 68.7 Å². The number of carbonyl (C=O) groups excluding carboxylic acids is 3. The number of nitrogens with two attached hydrogens (primary N) is 1. The number of fused-ring (bicyclic) bond motifs is 3. The Kier molecular flexibility index (Phi) is 7.96. The van der Waals surface area contributed by atoms with Gasteiger partial charge in [-0.15, -0.1) is 11.3 Å². The summed E-state index contributed by atoms with van der Waals surface area (Å²) in [7, 11) is 1.32. The molecule has 0 spiro atoms. The highest BCUT2D eigenvalue weighted by Gasteiger charge is 2.62. The smallest absolute Gasteiger partial charge is 0.332 e. The molecule has 1 saturated carbocycles.